The number of aromatic nitrogens is 2. The molecule has 0 saturated heterocycles. The zero-order valence-corrected chi connectivity index (χ0v) is 15.9. The monoisotopic (exact) mass is 380 g/mol. The lowest BCUT2D eigenvalue weighted by Gasteiger charge is -2.21. The van der Waals surface area contributed by atoms with Gasteiger partial charge in [0.15, 0.2) is 5.13 Å². The first-order valence-electron chi connectivity index (χ1n) is 8.57. The summed E-state index contributed by atoms with van der Waals surface area (Å²) in [6, 6.07) is 11.9. The Bertz CT molecular complexity index is 910. The third kappa shape index (κ3) is 4.77. The molecule has 27 heavy (non-hydrogen) atoms. The number of thiazole rings is 1. The van der Waals surface area contributed by atoms with E-state index in [4.69, 9.17) is 0 Å². The molecule has 138 valence electrons. The number of anilines is 1. The van der Waals surface area contributed by atoms with Crippen molar-refractivity contribution in [3.05, 3.63) is 65.8 Å². The number of hydrogen-bond acceptors (Lipinski definition) is 5. The second-order valence-corrected chi connectivity index (χ2v) is 7.19. The number of benzene rings is 1. The molecule has 0 fully saturated rings. The van der Waals surface area contributed by atoms with Gasteiger partial charge in [0, 0.05) is 28.9 Å². The van der Waals surface area contributed by atoms with Crippen molar-refractivity contribution in [3.8, 4) is 11.3 Å². The summed E-state index contributed by atoms with van der Waals surface area (Å²) in [5.41, 5.74) is 2.15. The molecule has 0 aliphatic heterocycles. The van der Waals surface area contributed by atoms with Crippen molar-refractivity contribution in [1.29, 1.82) is 0 Å². The van der Waals surface area contributed by atoms with Crippen LogP contribution in [0.1, 0.15) is 24.2 Å². The van der Waals surface area contributed by atoms with Crippen molar-refractivity contribution in [2.45, 2.75) is 19.9 Å². The highest BCUT2D eigenvalue weighted by Gasteiger charge is 2.25. The Morgan fingerprint density at radius 3 is 2.52 bits per heavy atom. The van der Waals surface area contributed by atoms with Gasteiger partial charge in [-0.3, -0.25) is 14.6 Å². The van der Waals surface area contributed by atoms with Crippen LogP contribution in [0.25, 0.3) is 11.3 Å². The molecule has 0 aliphatic carbocycles. The van der Waals surface area contributed by atoms with Gasteiger partial charge in [0.1, 0.15) is 6.04 Å². The fourth-order valence-electron chi connectivity index (χ4n) is 2.51. The van der Waals surface area contributed by atoms with E-state index in [1.807, 2.05) is 37.4 Å². The molecule has 0 bridgehead atoms. The molecule has 3 aromatic rings. The summed E-state index contributed by atoms with van der Waals surface area (Å²) in [5, 5.41) is 7.96. The van der Waals surface area contributed by atoms with Crippen LogP contribution < -0.4 is 10.6 Å². The first kappa shape index (κ1) is 18.7. The molecule has 0 spiro atoms. The molecule has 1 aromatic carbocycles. The molecule has 2 amide bonds. The average molecular weight is 380 g/mol. The van der Waals surface area contributed by atoms with E-state index in [9.17, 15) is 9.59 Å². The summed E-state index contributed by atoms with van der Waals surface area (Å²) >= 11 is 1.33. The third-order valence-electron chi connectivity index (χ3n) is 3.96. The Balaban J connectivity index is 1.69. The predicted molar refractivity (Wildman–Crippen MR) is 107 cm³/mol. The van der Waals surface area contributed by atoms with E-state index in [1.54, 1.807) is 36.7 Å². The molecular weight excluding hydrogens is 360 g/mol. The molecule has 7 heteroatoms. The Morgan fingerprint density at radius 1 is 1.07 bits per heavy atom. The van der Waals surface area contributed by atoms with Crippen LogP contribution in [0.2, 0.25) is 0 Å². The molecule has 0 unspecified atom stereocenters. The van der Waals surface area contributed by atoms with Crippen LogP contribution in [-0.4, -0.2) is 27.8 Å². The van der Waals surface area contributed by atoms with Gasteiger partial charge in [-0.2, -0.15) is 0 Å². The fraction of sp³-hybridized carbons (Fsp3) is 0.200. The molecule has 1 atom stereocenters. The van der Waals surface area contributed by atoms with Crippen LogP contribution in [0.3, 0.4) is 0 Å². The smallest absolute Gasteiger partial charge is 0.251 e. The van der Waals surface area contributed by atoms with Crippen LogP contribution >= 0.6 is 11.3 Å². The molecule has 2 N–H and O–H groups in total. The SMILES string of the molecule is CC(C)[C@H](NC(=O)c1ccccc1)C(=O)Nc1nc(-c2cccnc2)cs1. The lowest BCUT2D eigenvalue weighted by Crippen LogP contribution is -2.47. The molecule has 3 rings (SSSR count). The molecule has 2 aromatic heterocycles. The molecular formula is C20H20N4O2S. The van der Waals surface area contributed by atoms with Gasteiger partial charge in [0.05, 0.1) is 5.69 Å². The van der Waals surface area contributed by atoms with Crippen LogP contribution in [0.15, 0.2) is 60.2 Å². The van der Waals surface area contributed by atoms with Crippen LogP contribution in [0.4, 0.5) is 5.13 Å². The van der Waals surface area contributed by atoms with E-state index in [2.05, 4.69) is 20.6 Å². The maximum absolute atomic E-state index is 12.7. The minimum atomic E-state index is -0.663. The van der Waals surface area contributed by atoms with Gasteiger partial charge < -0.3 is 10.6 Å². The van der Waals surface area contributed by atoms with Crippen molar-refractivity contribution >= 4 is 28.3 Å². The van der Waals surface area contributed by atoms with Gasteiger partial charge in [-0.15, -0.1) is 11.3 Å². The van der Waals surface area contributed by atoms with Crippen LogP contribution in [0, 0.1) is 5.92 Å². The highest BCUT2D eigenvalue weighted by Crippen LogP contribution is 2.24. The van der Waals surface area contributed by atoms with Gasteiger partial charge in [-0.1, -0.05) is 32.0 Å². The normalized spacial score (nSPS) is 11.8. The summed E-state index contributed by atoms with van der Waals surface area (Å²) in [7, 11) is 0. The average Bonchev–Trinajstić information content (AvgIpc) is 3.15. The zero-order valence-electron chi connectivity index (χ0n) is 15.0. The predicted octanol–water partition coefficient (Wildman–Crippen LogP) is 3.60. The molecule has 2 heterocycles. The number of rotatable bonds is 6. The van der Waals surface area contributed by atoms with Crippen molar-refractivity contribution in [3.63, 3.8) is 0 Å². The van der Waals surface area contributed by atoms with Crippen LogP contribution in [0.5, 0.6) is 0 Å². The Kier molecular flexibility index (Phi) is 5.93. The molecule has 0 radical (unpaired) electrons. The Labute approximate surface area is 161 Å². The number of carbonyl (C=O) groups excluding carboxylic acids is 2. The lowest BCUT2D eigenvalue weighted by molar-refractivity contribution is -0.118. The second-order valence-electron chi connectivity index (χ2n) is 6.33. The zero-order chi connectivity index (χ0) is 19.2. The maximum atomic E-state index is 12.7. The van der Waals surface area contributed by atoms with Gasteiger partial charge in [-0.25, -0.2) is 4.98 Å². The van der Waals surface area contributed by atoms with E-state index in [1.165, 1.54) is 11.3 Å². The van der Waals surface area contributed by atoms with Gasteiger partial charge in [-0.05, 0) is 30.2 Å². The van der Waals surface area contributed by atoms with Crippen molar-refractivity contribution in [2.75, 3.05) is 5.32 Å². The summed E-state index contributed by atoms with van der Waals surface area (Å²) < 4.78 is 0. The first-order valence-corrected chi connectivity index (χ1v) is 9.45. The number of nitrogens with zero attached hydrogens (tertiary/aromatic N) is 2. The molecule has 0 saturated carbocycles. The van der Waals surface area contributed by atoms with Gasteiger partial charge >= 0.3 is 0 Å². The van der Waals surface area contributed by atoms with Crippen molar-refractivity contribution in [2.24, 2.45) is 5.92 Å². The number of nitrogens with one attached hydrogen (secondary N) is 2. The van der Waals surface area contributed by atoms with Crippen molar-refractivity contribution < 1.29 is 9.59 Å². The third-order valence-corrected chi connectivity index (χ3v) is 4.72. The molecule has 6 nitrogen and oxygen atoms in total. The van der Waals surface area contributed by atoms with E-state index >= 15 is 0 Å². The summed E-state index contributed by atoms with van der Waals surface area (Å²) in [6.45, 7) is 3.77. The number of amides is 2. The highest BCUT2D eigenvalue weighted by molar-refractivity contribution is 7.14. The number of carbonyl (C=O) groups is 2. The minimum absolute atomic E-state index is 0.0737. The minimum Gasteiger partial charge on any atom is -0.340 e. The topological polar surface area (TPSA) is 84.0 Å². The standard InChI is InChI=1S/C20H20N4O2S/c1-13(2)17(23-18(25)14-7-4-3-5-8-14)19(26)24-20-22-16(12-27-20)15-9-6-10-21-11-15/h3-13,17H,1-2H3,(H,23,25)(H,22,24,26)/t17-/m0/s1. The summed E-state index contributed by atoms with van der Waals surface area (Å²) in [5.74, 6) is -0.642. The highest BCUT2D eigenvalue weighted by atomic mass is 32.1. The Morgan fingerprint density at radius 2 is 1.85 bits per heavy atom. The van der Waals surface area contributed by atoms with E-state index < -0.39 is 6.04 Å². The van der Waals surface area contributed by atoms with Crippen molar-refractivity contribution in [1.82, 2.24) is 15.3 Å². The van der Waals surface area contributed by atoms with E-state index in [0.717, 1.165) is 11.3 Å². The molecule has 0 aliphatic rings. The quantitative estimate of drug-likeness (QED) is 0.684. The summed E-state index contributed by atoms with van der Waals surface area (Å²) in [4.78, 5) is 33.6. The largest absolute Gasteiger partial charge is 0.340 e. The second kappa shape index (κ2) is 8.55. The first-order chi connectivity index (χ1) is 13.0. The summed E-state index contributed by atoms with van der Waals surface area (Å²) in [6.07, 6.45) is 3.42. The Hall–Kier alpha value is -3.06. The lowest BCUT2D eigenvalue weighted by atomic mass is 10.0. The maximum Gasteiger partial charge on any atom is 0.251 e. The van der Waals surface area contributed by atoms with E-state index in [0.29, 0.717) is 10.7 Å². The number of hydrogen-bond donors (Lipinski definition) is 2. The van der Waals surface area contributed by atoms with Gasteiger partial charge in [0.2, 0.25) is 5.91 Å². The van der Waals surface area contributed by atoms with Gasteiger partial charge in [0.25, 0.3) is 5.91 Å². The number of pyridine rings is 1. The van der Waals surface area contributed by atoms with E-state index in [-0.39, 0.29) is 17.7 Å². The fourth-order valence-corrected chi connectivity index (χ4v) is 3.23. The van der Waals surface area contributed by atoms with Crippen LogP contribution in [-0.2, 0) is 4.79 Å².